The number of benzene rings is 1. The summed E-state index contributed by atoms with van der Waals surface area (Å²) in [5.41, 5.74) is 1.72. The van der Waals surface area contributed by atoms with Gasteiger partial charge in [0.2, 0.25) is 0 Å². The lowest BCUT2D eigenvalue weighted by Gasteiger charge is -2.21. The zero-order chi connectivity index (χ0) is 16.1. The minimum absolute atomic E-state index is 0.0910. The molecule has 0 bridgehead atoms. The third-order valence-electron chi connectivity index (χ3n) is 3.82. The van der Waals surface area contributed by atoms with E-state index in [0.29, 0.717) is 16.4 Å². The number of H-pyrrole nitrogens is 1. The van der Waals surface area contributed by atoms with Gasteiger partial charge in [0.05, 0.1) is 23.4 Å². The molecule has 2 atom stereocenters. The SMILES string of the molecule is CC[C@@H](C)[C@@H](CO)NC(=O)c1cc(-c2ccccc2Cl)n[nH]1. The molecule has 118 valence electrons. The van der Waals surface area contributed by atoms with Gasteiger partial charge in [-0.05, 0) is 18.1 Å². The molecule has 1 heterocycles. The number of rotatable bonds is 6. The van der Waals surface area contributed by atoms with Gasteiger partial charge in [-0.1, -0.05) is 50.1 Å². The Balaban J connectivity index is 2.14. The van der Waals surface area contributed by atoms with Crippen LogP contribution in [0.3, 0.4) is 0 Å². The van der Waals surface area contributed by atoms with E-state index < -0.39 is 0 Å². The van der Waals surface area contributed by atoms with Gasteiger partial charge in [-0.15, -0.1) is 0 Å². The van der Waals surface area contributed by atoms with Gasteiger partial charge < -0.3 is 10.4 Å². The van der Waals surface area contributed by atoms with Crippen LogP contribution in [-0.2, 0) is 0 Å². The first-order chi connectivity index (χ1) is 10.6. The van der Waals surface area contributed by atoms with Crippen LogP contribution in [0, 0.1) is 5.92 Å². The molecule has 0 fully saturated rings. The largest absolute Gasteiger partial charge is 0.394 e. The van der Waals surface area contributed by atoms with Crippen molar-refractivity contribution in [1.29, 1.82) is 0 Å². The van der Waals surface area contributed by atoms with Crippen LogP contribution in [0.4, 0.5) is 0 Å². The van der Waals surface area contributed by atoms with Crippen LogP contribution in [0.2, 0.25) is 5.02 Å². The van der Waals surface area contributed by atoms with Crippen molar-refractivity contribution in [3.63, 3.8) is 0 Å². The quantitative estimate of drug-likeness (QED) is 0.765. The number of carbonyl (C=O) groups is 1. The third-order valence-corrected chi connectivity index (χ3v) is 4.15. The average Bonchev–Trinajstić information content (AvgIpc) is 3.02. The van der Waals surface area contributed by atoms with E-state index in [0.717, 1.165) is 12.0 Å². The number of carbonyl (C=O) groups excluding carboxylic acids is 1. The molecule has 1 aromatic carbocycles. The molecule has 0 saturated heterocycles. The first kappa shape index (κ1) is 16.5. The van der Waals surface area contributed by atoms with Gasteiger partial charge >= 0.3 is 0 Å². The number of amides is 1. The van der Waals surface area contributed by atoms with Crippen molar-refractivity contribution in [2.45, 2.75) is 26.3 Å². The summed E-state index contributed by atoms with van der Waals surface area (Å²) in [4.78, 5) is 12.2. The third kappa shape index (κ3) is 3.67. The van der Waals surface area contributed by atoms with E-state index in [1.807, 2.05) is 32.0 Å². The predicted molar refractivity (Wildman–Crippen MR) is 86.8 cm³/mol. The lowest BCUT2D eigenvalue weighted by atomic mass is 10.00. The second kappa shape index (κ2) is 7.42. The van der Waals surface area contributed by atoms with Crippen LogP contribution in [0.1, 0.15) is 30.8 Å². The fourth-order valence-electron chi connectivity index (χ4n) is 2.14. The van der Waals surface area contributed by atoms with Gasteiger partial charge in [-0.2, -0.15) is 5.10 Å². The lowest BCUT2D eigenvalue weighted by Crippen LogP contribution is -2.42. The topological polar surface area (TPSA) is 78.0 Å². The van der Waals surface area contributed by atoms with Crippen LogP contribution in [0.15, 0.2) is 30.3 Å². The molecule has 0 aliphatic heterocycles. The van der Waals surface area contributed by atoms with Gasteiger partial charge in [-0.25, -0.2) is 0 Å². The van der Waals surface area contributed by atoms with E-state index in [1.54, 1.807) is 12.1 Å². The second-order valence-corrected chi connectivity index (χ2v) is 5.70. The van der Waals surface area contributed by atoms with Crippen LogP contribution in [0.5, 0.6) is 0 Å². The van der Waals surface area contributed by atoms with Gasteiger partial charge in [-0.3, -0.25) is 9.89 Å². The molecule has 0 spiro atoms. The summed E-state index contributed by atoms with van der Waals surface area (Å²) in [6.45, 7) is 3.92. The van der Waals surface area contributed by atoms with Crippen LogP contribution >= 0.6 is 11.6 Å². The number of aromatic nitrogens is 2. The van der Waals surface area contributed by atoms with E-state index in [4.69, 9.17) is 11.6 Å². The minimum Gasteiger partial charge on any atom is -0.394 e. The van der Waals surface area contributed by atoms with Crippen molar-refractivity contribution in [3.8, 4) is 11.3 Å². The Morgan fingerprint density at radius 2 is 2.18 bits per heavy atom. The maximum absolute atomic E-state index is 12.2. The first-order valence-corrected chi connectivity index (χ1v) is 7.66. The number of nitrogens with one attached hydrogen (secondary N) is 2. The Labute approximate surface area is 134 Å². The Bertz CT molecular complexity index is 642. The monoisotopic (exact) mass is 321 g/mol. The molecular formula is C16H20ClN3O2. The molecule has 2 rings (SSSR count). The summed E-state index contributed by atoms with van der Waals surface area (Å²) in [6, 6.07) is 8.70. The normalized spacial score (nSPS) is 13.6. The number of aliphatic hydroxyl groups excluding tert-OH is 1. The highest BCUT2D eigenvalue weighted by molar-refractivity contribution is 6.33. The number of hydrogen-bond acceptors (Lipinski definition) is 3. The van der Waals surface area contributed by atoms with Crippen molar-refractivity contribution >= 4 is 17.5 Å². The lowest BCUT2D eigenvalue weighted by molar-refractivity contribution is 0.0886. The summed E-state index contributed by atoms with van der Waals surface area (Å²) in [5.74, 6) is -0.0925. The van der Waals surface area contributed by atoms with E-state index in [1.165, 1.54) is 0 Å². The zero-order valence-corrected chi connectivity index (χ0v) is 13.4. The molecule has 1 amide bonds. The molecule has 22 heavy (non-hydrogen) atoms. The van der Waals surface area contributed by atoms with Crippen LogP contribution in [-0.4, -0.2) is 33.9 Å². The predicted octanol–water partition coefficient (Wildman–Crippen LogP) is 2.87. The number of nitrogens with zero attached hydrogens (tertiary/aromatic N) is 1. The summed E-state index contributed by atoms with van der Waals surface area (Å²) in [6.07, 6.45) is 0.874. The number of aliphatic hydroxyl groups is 1. The van der Waals surface area contributed by atoms with Gasteiger partial charge in [0.1, 0.15) is 5.69 Å². The fourth-order valence-corrected chi connectivity index (χ4v) is 2.38. The standard InChI is InChI=1S/C16H20ClN3O2/c1-3-10(2)15(9-21)18-16(22)14-8-13(19-20-14)11-6-4-5-7-12(11)17/h4-8,10,15,21H,3,9H2,1-2H3,(H,18,22)(H,19,20)/t10-,15-/m1/s1. The first-order valence-electron chi connectivity index (χ1n) is 7.28. The number of halogens is 1. The molecule has 0 radical (unpaired) electrons. The molecule has 1 aromatic heterocycles. The summed E-state index contributed by atoms with van der Waals surface area (Å²) in [5, 5.41) is 19.6. The highest BCUT2D eigenvalue weighted by atomic mass is 35.5. The fraction of sp³-hybridized carbons (Fsp3) is 0.375. The van der Waals surface area contributed by atoms with Crippen molar-refractivity contribution in [3.05, 3.63) is 41.0 Å². The molecule has 0 saturated carbocycles. The Morgan fingerprint density at radius 3 is 2.82 bits per heavy atom. The number of hydrogen-bond donors (Lipinski definition) is 3. The summed E-state index contributed by atoms with van der Waals surface area (Å²) < 4.78 is 0. The average molecular weight is 322 g/mol. The Morgan fingerprint density at radius 1 is 1.45 bits per heavy atom. The molecule has 0 aliphatic carbocycles. The molecule has 5 nitrogen and oxygen atoms in total. The zero-order valence-electron chi connectivity index (χ0n) is 12.6. The van der Waals surface area contributed by atoms with Crippen molar-refractivity contribution in [2.24, 2.45) is 5.92 Å². The minimum atomic E-state index is -0.287. The van der Waals surface area contributed by atoms with E-state index in [2.05, 4.69) is 15.5 Å². The molecule has 6 heteroatoms. The Kier molecular flexibility index (Phi) is 5.57. The molecule has 0 unspecified atom stereocenters. The summed E-state index contributed by atoms with van der Waals surface area (Å²) >= 11 is 6.13. The van der Waals surface area contributed by atoms with Crippen molar-refractivity contribution in [1.82, 2.24) is 15.5 Å². The van der Waals surface area contributed by atoms with Gasteiger partial charge in [0.25, 0.3) is 5.91 Å². The maximum atomic E-state index is 12.2. The van der Waals surface area contributed by atoms with Crippen LogP contribution in [0.25, 0.3) is 11.3 Å². The van der Waals surface area contributed by atoms with E-state index in [-0.39, 0.29) is 24.5 Å². The molecule has 3 N–H and O–H groups in total. The second-order valence-electron chi connectivity index (χ2n) is 5.29. The van der Waals surface area contributed by atoms with Gasteiger partial charge in [0, 0.05) is 5.56 Å². The van der Waals surface area contributed by atoms with Crippen molar-refractivity contribution < 1.29 is 9.90 Å². The molecule has 0 aliphatic rings. The van der Waals surface area contributed by atoms with Gasteiger partial charge in [0.15, 0.2) is 0 Å². The van der Waals surface area contributed by atoms with E-state index in [9.17, 15) is 9.90 Å². The maximum Gasteiger partial charge on any atom is 0.269 e. The summed E-state index contributed by atoms with van der Waals surface area (Å²) in [7, 11) is 0. The highest BCUT2D eigenvalue weighted by Crippen LogP contribution is 2.26. The number of aromatic amines is 1. The van der Waals surface area contributed by atoms with E-state index >= 15 is 0 Å². The molecule has 2 aromatic rings. The smallest absolute Gasteiger partial charge is 0.269 e. The Hall–Kier alpha value is -1.85. The molecular weight excluding hydrogens is 302 g/mol. The highest BCUT2D eigenvalue weighted by Gasteiger charge is 2.20. The van der Waals surface area contributed by atoms with Crippen molar-refractivity contribution in [2.75, 3.05) is 6.61 Å². The van der Waals surface area contributed by atoms with Crippen LogP contribution < -0.4 is 5.32 Å².